The second-order valence-corrected chi connectivity index (χ2v) is 6.59. The molecule has 5 nitrogen and oxygen atoms in total. The van der Waals surface area contributed by atoms with E-state index in [4.69, 9.17) is 5.11 Å². The summed E-state index contributed by atoms with van der Waals surface area (Å²) in [6.07, 6.45) is 1.08. The quantitative estimate of drug-likeness (QED) is 0.879. The molecule has 6 heteroatoms. The molecule has 1 aliphatic rings. The number of thioether (sulfide) groups is 1. The number of aryl methyl sites for hydroxylation is 1. The predicted molar refractivity (Wildman–Crippen MR) is 84.0 cm³/mol. The SMILES string of the molecule is Cc1ccc2nc(SCC(=O)O)n(C3CCN(C)C3)c2c1. The number of rotatable bonds is 4. The molecule has 2 heterocycles. The number of nitrogens with zero attached hydrogens (tertiary/aromatic N) is 3. The Balaban J connectivity index is 2.05. The molecular weight excluding hydrogens is 286 g/mol. The standard InChI is InChI=1S/C15H19N3O2S/c1-10-3-4-12-13(7-10)18(11-5-6-17(2)8-11)15(16-12)21-9-14(19)20/h3-4,7,11H,5-6,8-9H2,1-2H3,(H,19,20). The van der Waals surface area contributed by atoms with Crippen molar-refractivity contribution >= 4 is 28.8 Å². The fourth-order valence-electron chi connectivity index (χ4n) is 2.88. The minimum absolute atomic E-state index is 0.0465. The van der Waals surface area contributed by atoms with Gasteiger partial charge in [-0.05, 0) is 44.6 Å². The van der Waals surface area contributed by atoms with Crippen molar-refractivity contribution in [3.8, 4) is 0 Å². The van der Waals surface area contributed by atoms with Crippen LogP contribution in [0.15, 0.2) is 23.4 Å². The maximum atomic E-state index is 10.9. The summed E-state index contributed by atoms with van der Waals surface area (Å²) in [6.45, 7) is 4.13. The molecule has 1 N–H and O–H groups in total. The zero-order valence-corrected chi connectivity index (χ0v) is 13.1. The molecule has 0 spiro atoms. The van der Waals surface area contributed by atoms with Gasteiger partial charge >= 0.3 is 5.97 Å². The zero-order chi connectivity index (χ0) is 15.0. The third-order valence-corrected chi connectivity index (χ3v) is 4.81. The van der Waals surface area contributed by atoms with Crippen LogP contribution in [-0.4, -0.2) is 51.4 Å². The van der Waals surface area contributed by atoms with E-state index in [2.05, 4.69) is 34.5 Å². The predicted octanol–water partition coefficient (Wildman–Crippen LogP) is 2.40. The van der Waals surface area contributed by atoms with Crippen LogP contribution < -0.4 is 0 Å². The first-order valence-corrected chi connectivity index (χ1v) is 8.05. The van der Waals surface area contributed by atoms with Gasteiger partial charge in [0.25, 0.3) is 0 Å². The fraction of sp³-hybridized carbons (Fsp3) is 0.467. The van der Waals surface area contributed by atoms with Crippen LogP contribution in [-0.2, 0) is 4.79 Å². The van der Waals surface area contributed by atoms with Gasteiger partial charge in [-0.1, -0.05) is 17.8 Å². The van der Waals surface area contributed by atoms with Crippen LogP contribution >= 0.6 is 11.8 Å². The lowest BCUT2D eigenvalue weighted by molar-refractivity contribution is -0.133. The number of carboxylic acid groups (broad SMARTS) is 1. The number of likely N-dealkylation sites (tertiary alicyclic amines) is 1. The summed E-state index contributed by atoms with van der Waals surface area (Å²) in [7, 11) is 2.12. The number of hydrogen-bond donors (Lipinski definition) is 1. The summed E-state index contributed by atoms with van der Waals surface area (Å²) in [5.74, 6) is -0.761. The minimum atomic E-state index is -0.807. The van der Waals surface area contributed by atoms with Crippen molar-refractivity contribution in [1.82, 2.24) is 14.5 Å². The molecule has 1 atom stereocenters. The van der Waals surface area contributed by atoms with Gasteiger partial charge in [0.2, 0.25) is 0 Å². The molecule has 2 aromatic rings. The summed E-state index contributed by atoms with van der Waals surface area (Å²) < 4.78 is 2.24. The van der Waals surface area contributed by atoms with E-state index in [1.807, 2.05) is 12.1 Å². The van der Waals surface area contributed by atoms with Crippen molar-refractivity contribution in [1.29, 1.82) is 0 Å². The topological polar surface area (TPSA) is 58.4 Å². The Morgan fingerprint density at radius 2 is 2.33 bits per heavy atom. The van der Waals surface area contributed by atoms with Gasteiger partial charge in [0, 0.05) is 6.54 Å². The first-order valence-electron chi connectivity index (χ1n) is 7.06. The van der Waals surface area contributed by atoms with Gasteiger partial charge in [-0.25, -0.2) is 4.98 Å². The van der Waals surface area contributed by atoms with Crippen LogP contribution in [0.25, 0.3) is 11.0 Å². The molecule has 1 saturated heterocycles. The van der Waals surface area contributed by atoms with Crippen LogP contribution in [0, 0.1) is 6.92 Å². The molecule has 0 radical (unpaired) electrons. The van der Waals surface area contributed by atoms with Gasteiger partial charge in [0.05, 0.1) is 22.8 Å². The summed E-state index contributed by atoms with van der Waals surface area (Å²) in [6, 6.07) is 6.58. The number of benzene rings is 1. The summed E-state index contributed by atoms with van der Waals surface area (Å²) in [5, 5.41) is 9.74. The molecule has 1 aromatic carbocycles. The van der Waals surface area contributed by atoms with Gasteiger partial charge in [0.15, 0.2) is 5.16 Å². The highest BCUT2D eigenvalue weighted by molar-refractivity contribution is 7.99. The molecule has 3 rings (SSSR count). The average molecular weight is 305 g/mol. The Labute approximate surface area is 128 Å². The molecule has 0 amide bonds. The lowest BCUT2D eigenvalue weighted by Gasteiger charge is -2.16. The normalized spacial score (nSPS) is 19.4. The average Bonchev–Trinajstić information content (AvgIpc) is 2.99. The number of likely N-dealkylation sites (N-methyl/N-ethyl adjacent to an activating group) is 1. The number of imidazole rings is 1. The molecule has 0 aliphatic carbocycles. The largest absolute Gasteiger partial charge is 0.481 e. The summed E-state index contributed by atoms with van der Waals surface area (Å²) in [4.78, 5) is 17.8. The van der Waals surface area contributed by atoms with E-state index in [9.17, 15) is 4.79 Å². The van der Waals surface area contributed by atoms with Crippen molar-refractivity contribution in [2.24, 2.45) is 0 Å². The second kappa shape index (κ2) is 5.69. The Morgan fingerprint density at radius 1 is 1.52 bits per heavy atom. The minimum Gasteiger partial charge on any atom is -0.481 e. The summed E-state index contributed by atoms with van der Waals surface area (Å²) in [5.41, 5.74) is 3.26. The molecule has 1 fully saturated rings. The van der Waals surface area contributed by atoms with Crippen molar-refractivity contribution in [2.45, 2.75) is 24.5 Å². The molecule has 21 heavy (non-hydrogen) atoms. The van der Waals surface area contributed by atoms with Crippen molar-refractivity contribution < 1.29 is 9.90 Å². The van der Waals surface area contributed by atoms with Gasteiger partial charge < -0.3 is 14.6 Å². The zero-order valence-electron chi connectivity index (χ0n) is 12.2. The van der Waals surface area contributed by atoms with E-state index in [1.165, 1.54) is 17.3 Å². The first-order chi connectivity index (χ1) is 10.0. The van der Waals surface area contributed by atoms with E-state index < -0.39 is 5.97 Å². The molecule has 0 bridgehead atoms. The van der Waals surface area contributed by atoms with E-state index in [-0.39, 0.29) is 5.75 Å². The van der Waals surface area contributed by atoms with Crippen LogP contribution in [0.4, 0.5) is 0 Å². The van der Waals surface area contributed by atoms with E-state index >= 15 is 0 Å². The monoisotopic (exact) mass is 305 g/mol. The highest BCUT2D eigenvalue weighted by Gasteiger charge is 2.25. The Kier molecular flexibility index (Phi) is 3.91. The molecule has 1 unspecified atom stereocenters. The molecule has 1 aromatic heterocycles. The lowest BCUT2D eigenvalue weighted by atomic mass is 10.2. The van der Waals surface area contributed by atoms with Gasteiger partial charge in [-0.2, -0.15) is 0 Å². The van der Waals surface area contributed by atoms with Gasteiger partial charge in [-0.15, -0.1) is 0 Å². The molecule has 0 saturated carbocycles. The third-order valence-electron chi connectivity index (χ3n) is 3.87. The number of hydrogen-bond acceptors (Lipinski definition) is 4. The van der Waals surface area contributed by atoms with Crippen LogP contribution in [0.3, 0.4) is 0 Å². The second-order valence-electron chi connectivity index (χ2n) is 5.64. The van der Waals surface area contributed by atoms with Gasteiger partial charge in [-0.3, -0.25) is 4.79 Å². The molecule has 1 aliphatic heterocycles. The first kappa shape index (κ1) is 14.4. The van der Waals surface area contributed by atoms with E-state index in [0.29, 0.717) is 6.04 Å². The number of aromatic nitrogens is 2. The number of carbonyl (C=O) groups is 1. The molecule has 112 valence electrons. The molecular formula is C15H19N3O2S. The van der Waals surface area contributed by atoms with Crippen LogP contribution in [0.2, 0.25) is 0 Å². The Morgan fingerprint density at radius 3 is 3.00 bits per heavy atom. The lowest BCUT2D eigenvalue weighted by Crippen LogP contribution is -2.17. The van der Waals surface area contributed by atoms with Crippen molar-refractivity contribution in [3.63, 3.8) is 0 Å². The van der Waals surface area contributed by atoms with Crippen molar-refractivity contribution in [3.05, 3.63) is 23.8 Å². The maximum absolute atomic E-state index is 10.9. The third kappa shape index (κ3) is 2.91. The van der Waals surface area contributed by atoms with Crippen LogP contribution in [0.5, 0.6) is 0 Å². The number of aliphatic carboxylic acids is 1. The van der Waals surface area contributed by atoms with E-state index in [1.54, 1.807) is 0 Å². The van der Waals surface area contributed by atoms with Crippen LogP contribution in [0.1, 0.15) is 18.0 Å². The fourth-order valence-corrected chi connectivity index (χ4v) is 3.69. The summed E-state index contributed by atoms with van der Waals surface area (Å²) >= 11 is 1.31. The highest BCUT2D eigenvalue weighted by atomic mass is 32.2. The van der Waals surface area contributed by atoms with Crippen molar-refractivity contribution in [2.75, 3.05) is 25.9 Å². The number of carboxylic acids is 1. The smallest absolute Gasteiger partial charge is 0.313 e. The number of fused-ring (bicyclic) bond motifs is 1. The highest BCUT2D eigenvalue weighted by Crippen LogP contribution is 2.32. The van der Waals surface area contributed by atoms with Gasteiger partial charge in [0.1, 0.15) is 0 Å². The Hall–Kier alpha value is -1.53. The van der Waals surface area contributed by atoms with E-state index in [0.717, 1.165) is 35.7 Å². The Bertz CT molecular complexity index is 683. The maximum Gasteiger partial charge on any atom is 0.313 e.